The average molecular weight is 388 g/mol. The van der Waals surface area contributed by atoms with Gasteiger partial charge >= 0.3 is 0 Å². The summed E-state index contributed by atoms with van der Waals surface area (Å²) in [5, 5.41) is 6.05. The third-order valence-electron chi connectivity index (χ3n) is 4.41. The van der Waals surface area contributed by atoms with E-state index in [1.807, 2.05) is 30.0 Å². The quantitative estimate of drug-likeness (QED) is 0.783. The number of halogens is 1. The van der Waals surface area contributed by atoms with E-state index in [9.17, 15) is 9.59 Å². The van der Waals surface area contributed by atoms with Gasteiger partial charge in [0.2, 0.25) is 11.8 Å². The van der Waals surface area contributed by atoms with Gasteiger partial charge in [0.15, 0.2) is 0 Å². The fourth-order valence-electron chi connectivity index (χ4n) is 3.07. The maximum Gasteiger partial charge on any atom is 0.237 e. The molecule has 7 nitrogen and oxygen atoms in total. The van der Waals surface area contributed by atoms with E-state index in [0.29, 0.717) is 30.5 Å². The van der Waals surface area contributed by atoms with Crippen molar-refractivity contribution in [3.05, 3.63) is 58.6 Å². The number of amides is 2. The van der Waals surface area contributed by atoms with Crippen LogP contribution in [0.2, 0.25) is 5.02 Å². The molecule has 8 heteroatoms. The number of rotatable bonds is 6. The molecule has 2 N–H and O–H groups in total. The number of hydrogen-bond donors (Lipinski definition) is 2. The minimum atomic E-state index is -0.495. The molecule has 1 saturated heterocycles. The largest absolute Gasteiger partial charge is 0.353 e. The van der Waals surface area contributed by atoms with Crippen LogP contribution in [0.3, 0.4) is 0 Å². The van der Waals surface area contributed by atoms with Crippen molar-refractivity contribution >= 4 is 23.4 Å². The van der Waals surface area contributed by atoms with E-state index in [0.717, 1.165) is 5.56 Å². The van der Waals surface area contributed by atoms with Gasteiger partial charge in [-0.3, -0.25) is 14.5 Å². The number of aryl methyl sites for hydroxylation is 1. The van der Waals surface area contributed by atoms with Gasteiger partial charge in [-0.05, 0) is 12.5 Å². The van der Waals surface area contributed by atoms with Crippen LogP contribution in [0.1, 0.15) is 23.4 Å². The van der Waals surface area contributed by atoms with Gasteiger partial charge in [-0.2, -0.15) is 0 Å². The molecule has 0 spiro atoms. The molecule has 0 radical (unpaired) electrons. The fraction of sp³-hybridized carbons (Fsp3) is 0.368. The van der Waals surface area contributed by atoms with Gasteiger partial charge in [0.1, 0.15) is 5.82 Å². The molecule has 27 heavy (non-hydrogen) atoms. The van der Waals surface area contributed by atoms with Crippen LogP contribution in [0.5, 0.6) is 0 Å². The first-order valence-corrected chi connectivity index (χ1v) is 9.19. The summed E-state index contributed by atoms with van der Waals surface area (Å²) in [6.07, 6.45) is 3.05. The summed E-state index contributed by atoms with van der Waals surface area (Å²) in [6.45, 7) is 4.16. The third kappa shape index (κ3) is 5.48. The summed E-state index contributed by atoms with van der Waals surface area (Å²) >= 11 is 5.75. The summed E-state index contributed by atoms with van der Waals surface area (Å²) in [4.78, 5) is 34.8. The van der Waals surface area contributed by atoms with Gasteiger partial charge in [-0.1, -0.05) is 41.4 Å². The third-order valence-corrected chi connectivity index (χ3v) is 4.60. The van der Waals surface area contributed by atoms with Crippen molar-refractivity contribution in [1.82, 2.24) is 25.5 Å². The van der Waals surface area contributed by atoms with Crippen LogP contribution in [0, 0.1) is 6.92 Å². The number of nitrogens with zero attached hydrogens (tertiary/aromatic N) is 3. The molecule has 142 valence electrons. The van der Waals surface area contributed by atoms with Crippen molar-refractivity contribution < 1.29 is 9.59 Å². The Morgan fingerprint density at radius 1 is 1.37 bits per heavy atom. The number of aromatic nitrogens is 2. The highest BCUT2D eigenvalue weighted by atomic mass is 35.5. The van der Waals surface area contributed by atoms with E-state index in [-0.39, 0.29) is 24.8 Å². The Hall–Kier alpha value is -2.51. The molecule has 1 atom stereocenters. The maximum atomic E-state index is 12.3. The summed E-state index contributed by atoms with van der Waals surface area (Å²) < 4.78 is 0. The Bertz CT molecular complexity index is 812. The van der Waals surface area contributed by atoms with E-state index in [4.69, 9.17) is 11.6 Å². The highest BCUT2D eigenvalue weighted by Gasteiger charge is 2.31. The van der Waals surface area contributed by atoms with Crippen molar-refractivity contribution in [2.24, 2.45) is 0 Å². The van der Waals surface area contributed by atoms with Gasteiger partial charge in [0, 0.05) is 32.0 Å². The van der Waals surface area contributed by atoms with Crippen molar-refractivity contribution in [3.8, 4) is 0 Å². The number of piperazine rings is 1. The van der Waals surface area contributed by atoms with Gasteiger partial charge in [-0.25, -0.2) is 9.97 Å². The van der Waals surface area contributed by atoms with Gasteiger partial charge < -0.3 is 10.6 Å². The number of benzene rings is 1. The molecule has 0 unspecified atom stereocenters. The number of hydrogen-bond acceptors (Lipinski definition) is 5. The molecule has 0 bridgehead atoms. The Labute approximate surface area is 163 Å². The molecular weight excluding hydrogens is 366 g/mol. The molecule has 1 fully saturated rings. The highest BCUT2D eigenvalue weighted by molar-refractivity contribution is 6.30. The van der Waals surface area contributed by atoms with E-state index < -0.39 is 6.04 Å². The minimum Gasteiger partial charge on any atom is -0.353 e. The normalized spacial score (nSPS) is 17.4. The molecular formula is C19H22ClN5O2. The monoisotopic (exact) mass is 387 g/mol. The standard InChI is InChI=1S/C19H22ClN5O2/c1-13-3-2-4-14(7-13)12-25-6-5-21-19(27)16(25)8-18(26)24-11-17-22-9-15(20)10-23-17/h2-4,7,9-10,16H,5-6,8,11-12H2,1H3,(H,21,27)(H,24,26)/t16-/m1/s1. The molecule has 2 amide bonds. The molecule has 1 aromatic carbocycles. The van der Waals surface area contributed by atoms with Crippen molar-refractivity contribution in [3.63, 3.8) is 0 Å². The predicted molar refractivity (Wildman–Crippen MR) is 102 cm³/mol. The van der Waals surface area contributed by atoms with Crippen LogP contribution in [0.25, 0.3) is 0 Å². The maximum absolute atomic E-state index is 12.3. The molecule has 0 saturated carbocycles. The van der Waals surface area contributed by atoms with Crippen LogP contribution in [-0.2, 0) is 22.7 Å². The molecule has 1 aromatic heterocycles. The molecule has 2 heterocycles. The average Bonchev–Trinajstić information content (AvgIpc) is 2.64. The lowest BCUT2D eigenvalue weighted by atomic mass is 10.1. The second kappa shape index (κ2) is 8.92. The van der Waals surface area contributed by atoms with Crippen LogP contribution >= 0.6 is 11.6 Å². The van der Waals surface area contributed by atoms with Gasteiger partial charge in [0.05, 0.1) is 24.0 Å². The lowest BCUT2D eigenvalue weighted by Crippen LogP contribution is -2.56. The Morgan fingerprint density at radius 2 is 2.15 bits per heavy atom. The lowest BCUT2D eigenvalue weighted by Gasteiger charge is -2.34. The predicted octanol–water partition coefficient (Wildman–Crippen LogP) is 1.45. The number of carbonyl (C=O) groups excluding carboxylic acids is 2. The zero-order chi connectivity index (χ0) is 19.2. The fourth-order valence-corrected chi connectivity index (χ4v) is 3.17. The van der Waals surface area contributed by atoms with E-state index in [1.54, 1.807) is 0 Å². The second-order valence-electron chi connectivity index (χ2n) is 6.56. The molecule has 2 aromatic rings. The van der Waals surface area contributed by atoms with Crippen LogP contribution in [0.15, 0.2) is 36.7 Å². The van der Waals surface area contributed by atoms with Crippen molar-refractivity contribution in [2.45, 2.75) is 32.5 Å². The van der Waals surface area contributed by atoms with Crippen LogP contribution in [-0.4, -0.2) is 45.8 Å². The van der Waals surface area contributed by atoms with Gasteiger partial charge in [0.25, 0.3) is 0 Å². The number of nitrogens with one attached hydrogen (secondary N) is 2. The topological polar surface area (TPSA) is 87.2 Å². The van der Waals surface area contributed by atoms with Crippen molar-refractivity contribution in [2.75, 3.05) is 13.1 Å². The zero-order valence-electron chi connectivity index (χ0n) is 15.1. The van der Waals surface area contributed by atoms with E-state index in [2.05, 4.69) is 26.7 Å². The van der Waals surface area contributed by atoms with E-state index in [1.165, 1.54) is 18.0 Å². The Morgan fingerprint density at radius 3 is 2.89 bits per heavy atom. The summed E-state index contributed by atoms with van der Waals surface area (Å²) in [5.74, 6) is 0.133. The summed E-state index contributed by atoms with van der Waals surface area (Å²) in [7, 11) is 0. The molecule has 0 aliphatic carbocycles. The zero-order valence-corrected chi connectivity index (χ0v) is 15.9. The minimum absolute atomic E-state index is 0.0885. The van der Waals surface area contributed by atoms with E-state index >= 15 is 0 Å². The smallest absolute Gasteiger partial charge is 0.237 e. The summed E-state index contributed by atoms with van der Waals surface area (Å²) in [5.41, 5.74) is 2.30. The Balaban J connectivity index is 1.59. The number of carbonyl (C=O) groups is 2. The van der Waals surface area contributed by atoms with Crippen LogP contribution < -0.4 is 10.6 Å². The van der Waals surface area contributed by atoms with Crippen LogP contribution in [0.4, 0.5) is 0 Å². The SMILES string of the molecule is Cc1cccc(CN2CCNC(=O)[C@H]2CC(=O)NCc2ncc(Cl)cn2)c1. The molecule has 1 aliphatic heterocycles. The molecule has 3 rings (SSSR count). The first-order valence-electron chi connectivity index (χ1n) is 8.81. The Kier molecular flexibility index (Phi) is 6.36. The summed E-state index contributed by atoms with van der Waals surface area (Å²) in [6, 6.07) is 7.68. The lowest BCUT2D eigenvalue weighted by molar-refractivity contribution is -0.134. The highest BCUT2D eigenvalue weighted by Crippen LogP contribution is 2.15. The van der Waals surface area contributed by atoms with Gasteiger partial charge in [-0.15, -0.1) is 0 Å². The first kappa shape index (κ1) is 19.3. The first-order chi connectivity index (χ1) is 13.0. The van der Waals surface area contributed by atoms with Crippen molar-refractivity contribution in [1.29, 1.82) is 0 Å². The second-order valence-corrected chi connectivity index (χ2v) is 7.00. The molecule has 1 aliphatic rings.